The molecule has 1 unspecified atom stereocenters. The lowest BCUT2D eigenvalue weighted by Gasteiger charge is -2.38. The Morgan fingerprint density at radius 1 is 1.06 bits per heavy atom. The Hall–Kier alpha value is -1.65. The van der Waals surface area contributed by atoms with E-state index in [0.717, 1.165) is 57.8 Å². The number of benzene rings is 1. The van der Waals surface area contributed by atoms with Gasteiger partial charge in [-0.2, -0.15) is 0 Å². The second kappa shape index (κ2) is 13.8. The summed E-state index contributed by atoms with van der Waals surface area (Å²) in [4.78, 5) is 13.6. The van der Waals surface area contributed by atoms with Crippen LogP contribution in [0.4, 0.5) is 0 Å². The predicted octanol–water partition coefficient (Wildman–Crippen LogP) is 5.86. The van der Waals surface area contributed by atoms with Gasteiger partial charge in [0.1, 0.15) is 6.61 Å². The van der Waals surface area contributed by atoms with Crippen LogP contribution in [0.3, 0.4) is 0 Å². The minimum absolute atomic E-state index is 0.0604. The number of carbonyl (C=O) groups is 1. The van der Waals surface area contributed by atoms with Crippen molar-refractivity contribution in [1.82, 2.24) is 0 Å². The Morgan fingerprint density at radius 3 is 2.38 bits per heavy atom. The summed E-state index contributed by atoms with van der Waals surface area (Å²) in [7, 11) is 0. The molecule has 1 fully saturated rings. The average Bonchev–Trinajstić information content (AvgIpc) is 3.37. The number of allylic oxidation sites excluding steroid dienone is 2. The van der Waals surface area contributed by atoms with Gasteiger partial charge in [0, 0.05) is 5.41 Å². The first-order valence-electron chi connectivity index (χ1n) is 12.5. The molecule has 1 aliphatic rings. The van der Waals surface area contributed by atoms with E-state index >= 15 is 0 Å². The largest absolute Gasteiger partial charge is 0.464 e. The summed E-state index contributed by atoms with van der Waals surface area (Å²) in [6.45, 7) is 3.43. The first kappa shape index (κ1) is 26.6. The highest BCUT2D eigenvalue weighted by Gasteiger charge is 2.47. The fraction of sp³-hybridized carbons (Fsp3) is 0.679. The van der Waals surface area contributed by atoms with Crippen LogP contribution in [-0.4, -0.2) is 36.0 Å². The van der Waals surface area contributed by atoms with Crippen molar-refractivity contribution in [1.29, 1.82) is 0 Å². The third-order valence-corrected chi connectivity index (χ3v) is 7.28. The predicted molar refractivity (Wildman–Crippen MR) is 130 cm³/mol. The number of aliphatic hydroxyl groups excluding tert-OH is 2. The van der Waals surface area contributed by atoms with E-state index in [1.807, 2.05) is 13.0 Å². The van der Waals surface area contributed by atoms with Gasteiger partial charge in [-0.1, -0.05) is 75.1 Å². The molecule has 2 N–H and O–H groups in total. The summed E-state index contributed by atoms with van der Waals surface area (Å²) < 4.78 is 5.84. The normalized spacial score (nSPS) is 17.0. The summed E-state index contributed by atoms with van der Waals surface area (Å²) in [6, 6.07) is 10.6. The SMILES string of the molecule is CC=CCCC(CCCCCc1ccccc1)(C(=O)OCC(C)(CO)CO)C1CCCC1. The van der Waals surface area contributed by atoms with Crippen LogP contribution in [0.25, 0.3) is 0 Å². The number of hydrogen-bond acceptors (Lipinski definition) is 4. The van der Waals surface area contributed by atoms with Crippen LogP contribution in [-0.2, 0) is 16.0 Å². The number of hydrogen-bond donors (Lipinski definition) is 2. The van der Waals surface area contributed by atoms with E-state index in [-0.39, 0.29) is 25.8 Å². The van der Waals surface area contributed by atoms with Gasteiger partial charge in [-0.15, -0.1) is 0 Å². The number of carbonyl (C=O) groups excluding carboxylic acids is 1. The minimum atomic E-state index is -0.796. The Kier molecular flexibility index (Phi) is 11.5. The van der Waals surface area contributed by atoms with E-state index in [4.69, 9.17) is 4.74 Å². The molecular formula is C28H44O4. The van der Waals surface area contributed by atoms with E-state index in [1.54, 1.807) is 6.92 Å². The Labute approximate surface area is 195 Å². The molecule has 32 heavy (non-hydrogen) atoms. The topological polar surface area (TPSA) is 66.8 Å². The third-order valence-electron chi connectivity index (χ3n) is 7.28. The van der Waals surface area contributed by atoms with E-state index in [0.29, 0.717) is 5.92 Å². The van der Waals surface area contributed by atoms with Crippen molar-refractivity contribution in [3.8, 4) is 0 Å². The van der Waals surface area contributed by atoms with Gasteiger partial charge in [0.15, 0.2) is 0 Å². The lowest BCUT2D eigenvalue weighted by molar-refractivity contribution is -0.166. The summed E-state index contributed by atoms with van der Waals surface area (Å²) in [5.41, 5.74) is 0.110. The Balaban J connectivity index is 2.07. The Bertz CT molecular complexity index is 674. The number of ether oxygens (including phenoxy) is 1. The summed E-state index contributed by atoms with van der Waals surface area (Å²) >= 11 is 0. The molecule has 0 saturated heterocycles. The van der Waals surface area contributed by atoms with E-state index < -0.39 is 10.8 Å². The lowest BCUT2D eigenvalue weighted by atomic mass is 9.67. The highest BCUT2D eigenvalue weighted by molar-refractivity contribution is 5.77. The maximum absolute atomic E-state index is 13.6. The highest BCUT2D eigenvalue weighted by atomic mass is 16.5. The number of esters is 1. The van der Waals surface area contributed by atoms with Gasteiger partial charge in [-0.3, -0.25) is 4.79 Å². The highest BCUT2D eigenvalue weighted by Crippen LogP contribution is 2.48. The molecule has 1 atom stereocenters. The molecule has 1 aliphatic carbocycles. The van der Waals surface area contributed by atoms with Gasteiger partial charge >= 0.3 is 5.97 Å². The van der Waals surface area contributed by atoms with Crippen molar-refractivity contribution >= 4 is 5.97 Å². The molecule has 0 amide bonds. The zero-order valence-corrected chi connectivity index (χ0v) is 20.2. The number of rotatable bonds is 15. The molecule has 1 aromatic rings. The van der Waals surface area contributed by atoms with Crippen LogP contribution in [0.15, 0.2) is 42.5 Å². The van der Waals surface area contributed by atoms with Crippen LogP contribution in [0, 0.1) is 16.7 Å². The van der Waals surface area contributed by atoms with E-state index in [1.165, 1.54) is 18.4 Å². The molecule has 4 heteroatoms. The molecule has 0 bridgehead atoms. The van der Waals surface area contributed by atoms with Crippen molar-refractivity contribution < 1.29 is 19.7 Å². The number of aliphatic hydroxyl groups is 2. The Morgan fingerprint density at radius 2 is 1.75 bits per heavy atom. The zero-order valence-electron chi connectivity index (χ0n) is 20.2. The molecule has 0 aliphatic heterocycles. The number of aryl methyl sites for hydroxylation is 1. The van der Waals surface area contributed by atoms with Crippen molar-refractivity contribution in [2.24, 2.45) is 16.7 Å². The van der Waals surface area contributed by atoms with Gasteiger partial charge in [0.25, 0.3) is 0 Å². The molecule has 4 nitrogen and oxygen atoms in total. The maximum Gasteiger partial charge on any atom is 0.312 e. The summed E-state index contributed by atoms with van der Waals surface area (Å²) in [6.07, 6.45) is 15.6. The fourth-order valence-electron chi connectivity index (χ4n) is 5.01. The molecule has 0 heterocycles. The first-order valence-corrected chi connectivity index (χ1v) is 12.5. The minimum Gasteiger partial charge on any atom is -0.464 e. The fourth-order valence-corrected chi connectivity index (χ4v) is 5.01. The standard InChI is InChI=1S/C28H44O4/c1-3-4-12-19-28(25-17-10-11-18-25,26(31)32-23-27(2,21-29)22-30)20-13-6-9-16-24-14-7-5-8-15-24/h3-5,7-8,14-15,25,29-30H,6,9-13,16-23H2,1-2H3. The van der Waals surface area contributed by atoms with Crippen molar-refractivity contribution in [3.63, 3.8) is 0 Å². The lowest BCUT2D eigenvalue weighted by Crippen LogP contribution is -2.42. The third kappa shape index (κ3) is 7.74. The van der Waals surface area contributed by atoms with Gasteiger partial charge in [-0.25, -0.2) is 0 Å². The molecular weight excluding hydrogens is 400 g/mol. The maximum atomic E-state index is 13.6. The second-order valence-corrected chi connectivity index (χ2v) is 9.99. The van der Waals surface area contributed by atoms with E-state index in [2.05, 4.69) is 36.4 Å². The van der Waals surface area contributed by atoms with Crippen LogP contribution < -0.4 is 0 Å². The molecule has 180 valence electrons. The second-order valence-electron chi connectivity index (χ2n) is 9.99. The quantitative estimate of drug-likeness (QED) is 0.202. The van der Waals surface area contributed by atoms with Crippen LogP contribution in [0.2, 0.25) is 0 Å². The van der Waals surface area contributed by atoms with Crippen LogP contribution >= 0.6 is 0 Å². The van der Waals surface area contributed by atoms with Crippen LogP contribution in [0.1, 0.15) is 83.6 Å². The first-order chi connectivity index (χ1) is 15.5. The van der Waals surface area contributed by atoms with Gasteiger partial charge < -0.3 is 14.9 Å². The van der Waals surface area contributed by atoms with Gasteiger partial charge in [0.2, 0.25) is 0 Å². The smallest absolute Gasteiger partial charge is 0.312 e. The molecule has 0 aromatic heterocycles. The molecule has 2 rings (SSSR count). The van der Waals surface area contributed by atoms with Crippen molar-refractivity contribution in [3.05, 3.63) is 48.0 Å². The summed E-state index contributed by atoms with van der Waals surface area (Å²) in [5, 5.41) is 19.2. The molecule has 1 saturated carbocycles. The monoisotopic (exact) mass is 444 g/mol. The average molecular weight is 445 g/mol. The zero-order chi connectivity index (χ0) is 23.3. The van der Waals surface area contributed by atoms with Gasteiger partial charge in [0.05, 0.1) is 18.6 Å². The van der Waals surface area contributed by atoms with Gasteiger partial charge in [-0.05, 0) is 63.4 Å². The van der Waals surface area contributed by atoms with E-state index in [9.17, 15) is 15.0 Å². The van der Waals surface area contributed by atoms with Crippen molar-refractivity contribution in [2.75, 3.05) is 19.8 Å². The van der Waals surface area contributed by atoms with Crippen molar-refractivity contribution in [2.45, 2.75) is 84.5 Å². The molecule has 0 radical (unpaired) electrons. The molecule has 0 spiro atoms. The number of unbranched alkanes of at least 4 members (excludes halogenated alkanes) is 2. The molecule has 1 aromatic carbocycles. The van der Waals surface area contributed by atoms with Crippen LogP contribution in [0.5, 0.6) is 0 Å². The summed E-state index contributed by atoms with van der Waals surface area (Å²) in [5.74, 6) is 0.244.